The molecule has 0 bridgehead atoms. The Labute approximate surface area is 105 Å². The second kappa shape index (κ2) is 6.31. The fraction of sp³-hybridized carbons (Fsp3) is 0.700. The minimum atomic E-state index is -0.289. The maximum absolute atomic E-state index is 11.6. The lowest BCUT2D eigenvalue weighted by molar-refractivity contribution is 0.0374. The number of nitrogen functional groups attached to an aromatic ring is 1. The van der Waals surface area contributed by atoms with E-state index in [9.17, 15) is 4.79 Å². The minimum absolute atomic E-state index is 0.126. The fourth-order valence-electron chi connectivity index (χ4n) is 1.82. The molecule has 1 aliphatic heterocycles. The van der Waals surface area contributed by atoms with Crippen molar-refractivity contribution in [2.45, 2.75) is 6.42 Å². The standard InChI is InChI=1S/C10H18N6O2/c11-9-8(13-15-14-9)10(17)12-2-1-3-16-4-6-18-7-5-16/h1-7H2,(H,12,17)(H3,11,13,14,15). The molecule has 18 heavy (non-hydrogen) atoms. The van der Waals surface area contributed by atoms with E-state index in [1.807, 2.05) is 0 Å². The molecular weight excluding hydrogens is 236 g/mol. The van der Waals surface area contributed by atoms with Gasteiger partial charge in [0.25, 0.3) is 5.91 Å². The van der Waals surface area contributed by atoms with E-state index < -0.39 is 0 Å². The monoisotopic (exact) mass is 254 g/mol. The molecule has 1 aromatic rings. The largest absolute Gasteiger partial charge is 0.380 e. The van der Waals surface area contributed by atoms with E-state index in [0.29, 0.717) is 6.54 Å². The Balaban J connectivity index is 1.63. The summed E-state index contributed by atoms with van der Waals surface area (Å²) < 4.78 is 5.26. The van der Waals surface area contributed by atoms with E-state index in [4.69, 9.17) is 10.5 Å². The van der Waals surface area contributed by atoms with Crippen LogP contribution in [0.1, 0.15) is 16.9 Å². The first-order valence-electron chi connectivity index (χ1n) is 6.02. The molecule has 0 unspecified atom stereocenters. The highest BCUT2D eigenvalue weighted by atomic mass is 16.5. The van der Waals surface area contributed by atoms with E-state index in [-0.39, 0.29) is 17.4 Å². The Morgan fingerprint density at radius 3 is 2.89 bits per heavy atom. The van der Waals surface area contributed by atoms with E-state index in [1.54, 1.807) is 0 Å². The van der Waals surface area contributed by atoms with Crippen LogP contribution in [0.3, 0.4) is 0 Å². The van der Waals surface area contributed by atoms with Crippen LogP contribution in [0, 0.1) is 0 Å². The third-order valence-corrected chi connectivity index (χ3v) is 2.83. The predicted octanol–water partition coefficient (Wildman–Crippen LogP) is -1.16. The number of nitrogens with one attached hydrogen (secondary N) is 2. The van der Waals surface area contributed by atoms with Crippen molar-refractivity contribution in [3.8, 4) is 0 Å². The van der Waals surface area contributed by atoms with E-state index in [2.05, 4.69) is 25.6 Å². The van der Waals surface area contributed by atoms with Crippen LogP contribution >= 0.6 is 0 Å². The van der Waals surface area contributed by atoms with Gasteiger partial charge in [0, 0.05) is 19.6 Å². The van der Waals surface area contributed by atoms with E-state index in [1.165, 1.54) is 0 Å². The van der Waals surface area contributed by atoms with Crippen LogP contribution in [-0.4, -0.2) is 65.6 Å². The van der Waals surface area contributed by atoms with Crippen molar-refractivity contribution < 1.29 is 9.53 Å². The van der Waals surface area contributed by atoms with Gasteiger partial charge in [-0.2, -0.15) is 5.21 Å². The number of anilines is 1. The highest BCUT2D eigenvalue weighted by Crippen LogP contribution is 2.01. The third kappa shape index (κ3) is 3.41. The van der Waals surface area contributed by atoms with Crippen molar-refractivity contribution in [2.75, 3.05) is 45.1 Å². The lowest BCUT2D eigenvalue weighted by Gasteiger charge is -2.26. The number of H-pyrrole nitrogens is 1. The van der Waals surface area contributed by atoms with E-state index in [0.717, 1.165) is 39.3 Å². The second-order valence-corrected chi connectivity index (χ2v) is 4.12. The normalized spacial score (nSPS) is 16.7. The molecule has 8 nitrogen and oxygen atoms in total. The van der Waals surface area contributed by atoms with E-state index >= 15 is 0 Å². The number of nitrogens with two attached hydrogens (primary N) is 1. The average molecular weight is 254 g/mol. The van der Waals surface area contributed by atoms with Crippen LogP contribution < -0.4 is 11.1 Å². The van der Waals surface area contributed by atoms with Crippen molar-refractivity contribution in [1.82, 2.24) is 25.6 Å². The highest BCUT2D eigenvalue weighted by Gasteiger charge is 2.14. The quantitative estimate of drug-likeness (QED) is 0.572. The number of ether oxygens (including phenoxy) is 1. The minimum Gasteiger partial charge on any atom is -0.380 e. The summed E-state index contributed by atoms with van der Waals surface area (Å²) in [6.07, 6.45) is 0.892. The molecule has 2 heterocycles. The Morgan fingerprint density at radius 1 is 1.44 bits per heavy atom. The first-order valence-corrected chi connectivity index (χ1v) is 6.02. The summed E-state index contributed by atoms with van der Waals surface area (Å²) in [6, 6.07) is 0. The molecule has 1 aliphatic rings. The van der Waals surface area contributed by atoms with Crippen molar-refractivity contribution in [1.29, 1.82) is 0 Å². The smallest absolute Gasteiger partial charge is 0.275 e. The molecule has 2 rings (SSSR count). The van der Waals surface area contributed by atoms with Crippen molar-refractivity contribution >= 4 is 11.7 Å². The number of hydrogen-bond donors (Lipinski definition) is 3. The number of rotatable bonds is 5. The number of aromatic amines is 1. The van der Waals surface area contributed by atoms with Gasteiger partial charge >= 0.3 is 0 Å². The molecule has 0 radical (unpaired) electrons. The summed E-state index contributed by atoms with van der Waals surface area (Å²) in [5, 5.41) is 12.4. The Bertz CT molecular complexity index is 387. The van der Waals surface area contributed by atoms with Gasteiger partial charge < -0.3 is 15.8 Å². The Kier molecular flexibility index (Phi) is 4.48. The van der Waals surface area contributed by atoms with Gasteiger partial charge in [0.15, 0.2) is 11.5 Å². The maximum Gasteiger partial charge on any atom is 0.275 e. The van der Waals surface area contributed by atoms with Crippen LogP contribution in [0.2, 0.25) is 0 Å². The number of carbonyl (C=O) groups is 1. The lowest BCUT2D eigenvalue weighted by Crippen LogP contribution is -2.38. The summed E-state index contributed by atoms with van der Waals surface area (Å²) in [5.74, 6) is -0.163. The molecule has 0 spiro atoms. The molecular formula is C10H18N6O2. The van der Waals surface area contributed by atoms with Crippen LogP contribution in [0.15, 0.2) is 0 Å². The topological polar surface area (TPSA) is 109 Å². The van der Waals surface area contributed by atoms with Gasteiger partial charge in [-0.05, 0) is 13.0 Å². The van der Waals surface area contributed by atoms with Crippen LogP contribution in [0.25, 0.3) is 0 Å². The third-order valence-electron chi connectivity index (χ3n) is 2.83. The SMILES string of the molecule is Nc1n[nH]nc1C(=O)NCCCN1CCOCC1. The van der Waals surface area contributed by atoms with Gasteiger partial charge in [0.2, 0.25) is 0 Å². The molecule has 1 saturated heterocycles. The Morgan fingerprint density at radius 2 is 2.22 bits per heavy atom. The molecule has 1 amide bonds. The first-order chi connectivity index (χ1) is 8.77. The summed E-state index contributed by atoms with van der Waals surface area (Å²) in [4.78, 5) is 14.0. The maximum atomic E-state index is 11.6. The van der Waals surface area contributed by atoms with Gasteiger partial charge in [0.1, 0.15) is 0 Å². The molecule has 0 aliphatic carbocycles. The molecule has 8 heteroatoms. The van der Waals surface area contributed by atoms with Gasteiger partial charge in [-0.15, -0.1) is 10.2 Å². The average Bonchev–Trinajstić information content (AvgIpc) is 2.82. The number of morpholine rings is 1. The van der Waals surface area contributed by atoms with Crippen LogP contribution in [-0.2, 0) is 4.74 Å². The van der Waals surface area contributed by atoms with Crippen molar-refractivity contribution in [3.05, 3.63) is 5.69 Å². The zero-order valence-corrected chi connectivity index (χ0v) is 10.2. The van der Waals surface area contributed by atoms with Gasteiger partial charge in [-0.25, -0.2) is 0 Å². The van der Waals surface area contributed by atoms with Crippen LogP contribution in [0.5, 0.6) is 0 Å². The highest BCUT2D eigenvalue weighted by molar-refractivity contribution is 5.96. The van der Waals surface area contributed by atoms with Gasteiger partial charge in [-0.1, -0.05) is 0 Å². The zero-order valence-electron chi connectivity index (χ0n) is 10.2. The molecule has 0 atom stereocenters. The molecule has 1 aromatic heterocycles. The summed E-state index contributed by atoms with van der Waals surface area (Å²) >= 11 is 0. The number of amides is 1. The van der Waals surface area contributed by atoms with Crippen molar-refractivity contribution in [2.24, 2.45) is 0 Å². The molecule has 100 valence electrons. The van der Waals surface area contributed by atoms with Gasteiger partial charge in [-0.3, -0.25) is 9.69 Å². The zero-order chi connectivity index (χ0) is 12.8. The first kappa shape index (κ1) is 12.8. The fourth-order valence-corrected chi connectivity index (χ4v) is 1.82. The van der Waals surface area contributed by atoms with Crippen molar-refractivity contribution in [3.63, 3.8) is 0 Å². The number of hydrogen-bond acceptors (Lipinski definition) is 6. The molecule has 1 fully saturated rings. The number of aromatic nitrogens is 3. The van der Waals surface area contributed by atoms with Gasteiger partial charge in [0.05, 0.1) is 13.2 Å². The molecule has 4 N–H and O–H groups in total. The number of nitrogens with zero attached hydrogens (tertiary/aromatic N) is 3. The summed E-state index contributed by atoms with van der Waals surface area (Å²) in [5.41, 5.74) is 5.63. The lowest BCUT2D eigenvalue weighted by atomic mass is 10.3. The summed E-state index contributed by atoms with van der Waals surface area (Å²) in [7, 11) is 0. The Hall–Kier alpha value is -1.67. The molecule has 0 saturated carbocycles. The molecule has 0 aromatic carbocycles. The summed E-state index contributed by atoms with van der Waals surface area (Å²) in [6.45, 7) is 5.07. The number of carbonyl (C=O) groups excluding carboxylic acids is 1. The van der Waals surface area contributed by atoms with Crippen LogP contribution in [0.4, 0.5) is 5.82 Å². The predicted molar refractivity (Wildman–Crippen MR) is 65.0 cm³/mol. The second-order valence-electron chi connectivity index (χ2n) is 4.12.